The van der Waals surface area contributed by atoms with E-state index in [0.717, 1.165) is 4.31 Å². The smallest absolute Gasteiger partial charge is 0.304 e. The standard InChI is InChI=1S/C8H16N2O6S2/c1-10(4-2-8(11)12)18(15,16)9-7-3-5-17(13,14)6-7/h7,9H,2-6H2,1H3,(H,11,12). The van der Waals surface area contributed by atoms with Gasteiger partial charge in [-0.2, -0.15) is 17.4 Å². The van der Waals surface area contributed by atoms with Gasteiger partial charge >= 0.3 is 5.97 Å². The Morgan fingerprint density at radius 1 is 1.50 bits per heavy atom. The number of nitrogens with zero attached hydrogens (tertiary/aromatic N) is 1. The second-order valence-electron chi connectivity index (χ2n) is 4.19. The highest BCUT2D eigenvalue weighted by Gasteiger charge is 2.32. The number of rotatable bonds is 6. The third-order valence-electron chi connectivity index (χ3n) is 2.60. The summed E-state index contributed by atoms with van der Waals surface area (Å²) in [6.45, 7) is -0.163. The summed E-state index contributed by atoms with van der Waals surface area (Å²) in [4.78, 5) is 10.3. The highest BCUT2D eigenvalue weighted by atomic mass is 32.2. The SMILES string of the molecule is CN(CCC(=O)O)S(=O)(=O)NC1CCS(=O)(=O)C1. The number of aliphatic carboxylic acids is 1. The Morgan fingerprint density at radius 2 is 2.11 bits per heavy atom. The Labute approximate surface area is 106 Å². The van der Waals surface area contributed by atoms with Crippen molar-refractivity contribution in [2.45, 2.75) is 18.9 Å². The van der Waals surface area contributed by atoms with Crippen molar-refractivity contribution in [2.24, 2.45) is 0 Å². The molecule has 18 heavy (non-hydrogen) atoms. The van der Waals surface area contributed by atoms with Crippen LogP contribution in [0.15, 0.2) is 0 Å². The van der Waals surface area contributed by atoms with Gasteiger partial charge in [-0.1, -0.05) is 0 Å². The summed E-state index contributed by atoms with van der Waals surface area (Å²) in [5.41, 5.74) is 0. The first-order valence-electron chi connectivity index (χ1n) is 5.28. The Balaban J connectivity index is 2.57. The van der Waals surface area contributed by atoms with Crippen molar-refractivity contribution in [3.63, 3.8) is 0 Å². The number of sulfone groups is 1. The van der Waals surface area contributed by atoms with Crippen LogP contribution in [0, 0.1) is 0 Å². The van der Waals surface area contributed by atoms with Crippen molar-refractivity contribution in [1.29, 1.82) is 0 Å². The number of nitrogens with one attached hydrogen (secondary N) is 1. The maximum absolute atomic E-state index is 11.7. The van der Waals surface area contributed by atoms with E-state index in [9.17, 15) is 21.6 Å². The van der Waals surface area contributed by atoms with Crippen molar-refractivity contribution in [2.75, 3.05) is 25.1 Å². The number of carbonyl (C=O) groups is 1. The molecule has 0 aromatic carbocycles. The fourth-order valence-electron chi connectivity index (χ4n) is 1.56. The van der Waals surface area contributed by atoms with E-state index >= 15 is 0 Å². The summed E-state index contributed by atoms with van der Waals surface area (Å²) in [6, 6.07) is -0.632. The Morgan fingerprint density at radius 3 is 2.56 bits per heavy atom. The van der Waals surface area contributed by atoms with Crippen LogP contribution in [0.5, 0.6) is 0 Å². The lowest BCUT2D eigenvalue weighted by Gasteiger charge is -2.19. The largest absolute Gasteiger partial charge is 0.481 e. The van der Waals surface area contributed by atoms with Crippen LogP contribution in [0.1, 0.15) is 12.8 Å². The fraction of sp³-hybridized carbons (Fsp3) is 0.875. The maximum atomic E-state index is 11.7. The molecule has 1 atom stereocenters. The molecule has 106 valence electrons. The van der Waals surface area contributed by atoms with Gasteiger partial charge in [-0.05, 0) is 6.42 Å². The van der Waals surface area contributed by atoms with Crippen molar-refractivity contribution >= 4 is 26.0 Å². The minimum absolute atomic E-state index is 0.0287. The highest BCUT2D eigenvalue weighted by Crippen LogP contribution is 2.13. The summed E-state index contributed by atoms with van der Waals surface area (Å²) in [7, 11) is -5.75. The molecular formula is C8H16N2O6S2. The second kappa shape index (κ2) is 5.51. The van der Waals surface area contributed by atoms with Gasteiger partial charge in [0.1, 0.15) is 0 Å². The van der Waals surface area contributed by atoms with Crippen LogP contribution < -0.4 is 4.72 Å². The summed E-state index contributed by atoms with van der Waals surface area (Å²) < 4.78 is 49.0. The first-order chi connectivity index (χ1) is 8.12. The van der Waals surface area contributed by atoms with Gasteiger partial charge in [-0.25, -0.2) is 8.42 Å². The van der Waals surface area contributed by atoms with Crippen molar-refractivity contribution in [3.8, 4) is 0 Å². The maximum Gasteiger partial charge on any atom is 0.304 e. The van der Waals surface area contributed by atoms with E-state index in [-0.39, 0.29) is 30.9 Å². The molecule has 0 aliphatic carbocycles. The first kappa shape index (κ1) is 15.3. The zero-order valence-corrected chi connectivity index (χ0v) is 11.5. The van der Waals surface area contributed by atoms with E-state index in [1.54, 1.807) is 0 Å². The number of hydrogen-bond acceptors (Lipinski definition) is 5. The zero-order valence-electron chi connectivity index (χ0n) is 9.87. The lowest BCUT2D eigenvalue weighted by Crippen LogP contribution is -2.44. The normalized spacial score (nSPS) is 23.3. The third kappa shape index (κ3) is 4.52. The van der Waals surface area contributed by atoms with Gasteiger partial charge in [0.15, 0.2) is 9.84 Å². The number of carboxylic acid groups (broad SMARTS) is 1. The molecule has 1 unspecified atom stereocenters. The van der Waals surface area contributed by atoms with Gasteiger partial charge in [0.05, 0.1) is 17.9 Å². The van der Waals surface area contributed by atoms with E-state index in [0.29, 0.717) is 0 Å². The average molecular weight is 300 g/mol. The van der Waals surface area contributed by atoms with E-state index in [4.69, 9.17) is 5.11 Å². The van der Waals surface area contributed by atoms with Crippen LogP contribution in [0.2, 0.25) is 0 Å². The molecule has 1 aliphatic rings. The molecule has 1 aliphatic heterocycles. The molecule has 0 spiro atoms. The highest BCUT2D eigenvalue weighted by molar-refractivity contribution is 7.91. The molecule has 0 bridgehead atoms. The van der Waals surface area contributed by atoms with E-state index in [1.807, 2.05) is 0 Å². The molecule has 1 rings (SSSR count). The predicted molar refractivity (Wildman–Crippen MR) is 64.0 cm³/mol. The van der Waals surface area contributed by atoms with E-state index in [1.165, 1.54) is 7.05 Å². The minimum atomic E-state index is -3.83. The first-order valence-corrected chi connectivity index (χ1v) is 8.54. The van der Waals surface area contributed by atoms with Gasteiger partial charge in [0.25, 0.3) is 10.2 Å². The lowest BCUT2D eigenvalue weighted by atomic mass is 10.3. The molecule has 0 aromatic rings. The molecule has 0 aromatic heterocycles. The second-order valence-corrected chi connectivity index (χ2v) is 8.23. The third-order valence-corrected chi connectivity index (χ3v) is 6.00. The van der Waals surface area contributed by atoms with E-state index < -0.39 is 32.1 Å². The van der Waals surface area contributed by atoms with Gasteiger partial charge in [-0.15, -0.1) is 0 Å². The van der Waals surface area contributed by atoms with Crippen molar-refractivity contribution in [1.82, 2.24) is 9.03 Å². The molecule has 0 radical (unpaired) electrons. The molecule has 2 N–H and O–H groups in total. The van der Waals surface area contributed by atoms with Crippen LogP contribution in [0.25, 0.3) is 0 Å². The predicted octanol–water partition coefficient (Wildman–Crippen LogP) is -1.59. The van der Waals surface area contributed by atoms with E-state index in [2.05, 4.69) is 4.72 Å². The topological polar surface area (TPSA) is 121 Å². The zero-order chi connectivity index (χ0) is 14.0. The van der Waals surface area contributed by atoms with Gasteiger partial charge in [0, 0.05) is 19.6 Å². The summed E-state index contributed by atoms with van der Waals surface area (Å²) >= 11 is 0. The molecule has 1 saturated heterocycles. The molecular weight excluding hydrogens is 284 g/mol. The Hall–Kier alpha value is -0.710. The summed E-state index contributed by atoms with van der Waals surface area (Å²) in [5, 5.41) is 8.46. The minimum Gasteiger partial charge on any atom is -0.481 e. The molecule has 8 nitrogen and oxygen atoms in total. The number of hydrogen-bond donors (Lipinski definition) is 2. The number of carboxylic acids is 1. The molecule has 0 saturated carbocycles. The quantitative estimate of drug-likeness (QED) is 0.610. The monoisotopic (exact) mass is 300 g/mol. The summed E-state index contributed by atoms with van der Waals surface area (Å²) in [5.74, 6) is -1.33. The van der Waals surface area contributed by atoms with Gasteiger partial charge in [-0.3, -0.25) is 4.79 Å². The van der Waals surface area contributed by atoms with Crippen molar-refractivity contribution in [3.05, 3.63) is 0 Å². The van der Waals surface area contributed by atoms with Gasteiger partial charge in [0.2, 0.25) is 0 Å². The fourth-order valence-corrected chi connectivity index (χ4v) is 4.47. The van der Waals surface area contributed by atoms with Crippen LogP contribution >= 0.6 is 0 Å². The lowest BCUT2D eigenvalue weighted by molar-refractivity contribution is -0.137. The van der Waals surface area contributed by atoms with Crippen LogP contribution in [-0.4, -0.2) is 63.4 Å². The molecule has 0 amide bonds. The summed E-state index contributed by atoms with van der Waals surface area (Å²) in [6.07, 6.45) is -0.0608. The van der Waals surface area contributed by atoms with Crippen molar-refractivity contribution < 1.29 is 26.7 Å². The van der Waals surface area contributed by atoms with Crippen LogP contribution in [-0.2, 0) is 24.8 Å². The Kier molecular flexibility index (Phi) is 4.70. The van der Waals surface area contributed by atoms with Crippen LogP contribution in [0.3, 0.4) is 0 Å². The average Bonchev–Trinajstić information content (AvgIpc) is 2.53. The molecule has 1 heterocycles. The molecule has 10 heteroatoms. The van der Waals surface area contributed by atoms with Gasteiger partial charge < -0.3 is 5.11 Å². The molecule has 1 fully saturated rings. The Bertz CT molecular complexity index is 512. The van der Waals surface area contributed by atoms with Crippen LogP contribution in [0.4, 0.5) is 0 Å².